The van der Waals surface area contributed by atoms with Gasteiger partial charge in [0.25, 0.3) is 0 Å². The third-order valence-electron chi connectivity index (χ3n) is 2.21. The van der Waals surface area contributed by atoms with Gasteiger partial charge in [0.1, 0.15) is 0 Å². The Morgan fingerprint density at radius 2 is 1.93 bits per heavy atom. The number of rotatable bonds is 1. The van der Waals surface area contributed by atoms with E-state index >= 15 is 0 Å². The quantitative estimate of drug-likeness (QED) is 0.509. The summed E-state index contributed by atoms with van der Waals surface area (Å²) in [5, 5.41) is 0. The van der Waals surface area contributed by atoms with Crippen molar-refractivity contribution in [2.45, 2.75) is 8.75 Å². The molecule has 0 spiro atoms. The van der Waals surface area contributed by atoms with Crippen molar-refractivity contribution in [1.29, 1.82) is 0 Å². The van der Waals surface area contributed by atoms with Gasteiger partial charge in [-0.25, -0.2) is 0 Å². The first-order valence-electron chi connectivity index (χ1n) is 4.49. The van der Waals surface area contributed by atoms with Gasteiger partial charge in [0.15, 0.2) is 0 Å². The largest absolute Gasteiger partial charge is 0.0992 e. The summed E-state index contributed by atoms with van der Waals surface area (Å²) >= 11 is 6.11. The molecule has 0 amide bonds. The molecule has 0 saturated carbocycles. The van der Waals surface area contributed by atoms with E-state index in [0.717, 1.165) is 6.42 Å². The van der Waals surface area contributed by atoms with Crippen LogP contribution in [0.3, 0.4) is 0 Å². The van der Waals surface area contributed by atoms with Crippen molar-refractivity contribution in [2.75, 3.05) is 0 Å². The molecule has 1 aliphatic rings. The van der Waals surface area contributed by atoms with Crippen LogP contribution in [0.5, 0.6) is 0 Å². The van der Waals surface area contributed by atoms with Gasteiger partial charge in [-0.1, -0.05) is 87.1 Å². The summed E-state index contributed by atoms with van der Waals surface area (Å²) in [5.41, 5.74) is 2.71. The van der Waals surface area contributed by atoms with Gasteiger partial charge in [-0.05, 0) is 11.1 Å². The predicted molar refractivity (Wildman–Crippen MR) is 73.9 cm³/mol. The van der Waals surface area contributed by atoms with E-state index in [-0.39, 0.29) is 2.33 Å². The minimum Gasteiger partial charge on any atom is -0.0687 e. The standard InChI is InChI=1S/C12H10BrI/c13-12(14)8-4-7-11(9-12)10-5-2-1-3-6-10/h1-8H,9H2. The molecule has 0 bridgehead atoms. The molecular formula is C12H10BrI. The lowest BCUT2D eigenvalue weighted by atomic mass is 9.97. The number of hydrogen-bond donors (Lipinski definition) is 0. The van der Waals surface area contributed by atoms with Crippen LogP contribution in [0, 0.1) is 0 Å². The van der Waals surface area contributed by atoms with Gasteiger partial charge in [-0.15, -0.1) is 0 Å². The van der Waals surface area contributed by atoms with Crippen molar-refractivity contribution in [1.82, 2.24) is 0 Å². The van der Waals surface area contributed by atoms with Crippen LogP contribution in [-0.4, -0.2) is 2.33 Å². The number of halogens is 2. The lowest BCUT2D eigenvalue weighted by Crippen LogP contribution is -2.10. The Morgan fingerprint density at radius 3 is 2.57 bits per heavy atom. The maximum absolute atomic E-state index is 3.69. The summed E-state index contributed by atoms with van der Waals surface area (Å²) in [7, 11) is 0. The summed E-state index contributed by atoms with van der Waals surface area (Å²) in [4.78, 5) is 0. The van der Waals surface area contributed by atoms with E-state index in [9.17, 15) is 0 Å². The lowest BCUT2D eigenvalue weighted by molar-refractivity contribution is 1.06. The minimum absolute atomic E-state index is 0.0880. The number of benzene rings is 1. The molecule has 1 unspecified atom stereocenters. The van der Waals surface area contributed by atoms with Crippen LogP contribution in [0.25, 0.3) is 5.57 Å². The van der Waals surface area contributed by atoms with Crippen molar-refractivity contribution in [2.24, 2.45) is 0 Å². The monoisotopic (exact) mass is 360 g/mol. The lowest BCUT2D eigenvalue weighted by Gasteiger charge is -2.21. The summed E-state index contributed by atoms with van der Waals surface area (Å²) in [6.07, 6.45) is 7.52. The highest BCUT2D eigenvalue weighted by Crippen LogP contribution is 2.40. The van der Waals surface area contributed by atoms with Gasteiger partial charge in [-0.2, -0.15) is 0 Å². The van der Waals surface area contributed by atoms with Gasteiger partial charge in [0.2, 0.25) is 0 Å². The molecule has 1 aromatic carbocycles. The van der Waals surface area contributed by atoms with E-state index in [1.54, 1.807) is 0 Å². The molecule has 0 heterocycles. The first-order valence-corrected chi connectivity index (χ1v) is 6.36. The Morgan fingerprint density at radius 1 is 1.21 bits per heavy atom. The van der Waals surface area contributed by atoms with E-state index in [2.05, 4.69) is 81.0 Å². The Labute approximate surface area is 106 Å². The zero-order valence-corrected chi connectivity index (χ0v) is 11.3. The molecular weight excluding hydrogens is 351 g/mol. The smallest absolute Gasteiger partial charge is 0.0687 e. The Kier molecular flexibility index (Phi) is 3.12. The summed E-state index contributed by atoms with van der Waals surface area (Å²) in [5.74, 6) is 0. The van der Waals surface area contributed by atoms with Crippen molar-refractivity contribution < 1.29 is 0 Å². The maximum atomic E-state index is 3.69. The van der Waals surface area contributed by atoms with Crippen LogP contribution in [0.1, 0.15) is 12.0 Å². The molecule has 1 aliphatic carbocycles. The normalized spacial score (nSPS) is 26.0. The fraction of sp³-hybridized carbons (Fsp3) is 0.167. The van der Waals surface area contributed by atoms with E-state index in [0.29, 0.717) is 0 Å². The first kappa shape index (κ1) is 10.4. The van der Waals surface area contributed by atoms with Crippen molar-refractivity contribution in [3.8, 4) is 0 Å². The number of allylic oxidation sites excluding steroid dienone is 4. The number of hydrogen-bond acceptors (Lipinski definition) is 0. The molecule has 2 heteroatoms. The molecule has 2 rings (SSSR count). The van der Waals surface area contributed by atoms with Crippen molar-refractivity contribution in [3.63, 3.8) is 0 Å². The van der Waals surface area contributed by atoms with Gasteiger partial charge in [0, 0.05) is 6.42 Å². The summed E-state index contributed by atoms with van der Waals surface area (Å²) in [6, 6.07) is 10.5. The Hall–Kier alpha value is -0.0900. The average molecular weight is 361 g/mol. The van der Waals surface area contributed by atoms with Crippen LogP contribution in [0.15, 0.2) is 48.6 Å². The van der Waals surface area contributed by atoms with Gasteiger partial charge >= 0.3 is 0 Å². The van der Waals surface area contributed by atoms with E-state index in [4.69, 9.17) is 0 Å². The third-order valence-corrected chi connectivity index (χ3v) is 3.49. The SMILES string of the molecule is BrC1(I)C=CC=C(c2ccccc2)C1. The highest BCUT2D eigenvalue weighted by molar-refractivity contribution is 14.1. The molecule has 1 atom stereocenters. The predicted octanol–water partition coefficient (Wildman–Crippen LogP) is 4.56. The van der Waals surface area contributed by atoms with E-state index in [1.165, 1.54) is 11.1 Å². The zero-order valence-electron chi connectivity index (χ0n) is 7.58. The second-order valence-corrected chi connectivity index (χ2v) is 8.18. The molecule has 0 aliphatic heterocycles. The molecule has 0 N–H and O–H groups in total. The van der Waals surface area contributed by atoms with E-state index in [1.807, 2.05) is 6.07 Å². The van der Waals surface area contributed by atoms with Crippen molar-refractivity contribution >= 4 is 44.1 Å². The highest BCUT2D eigenvalue weighted by Gasteiger charge is 2.23. The van der Waals surface area contributed by atoms with Crippen LogP contribution < -0.4 is 0 Å². The molecule has 72 valence electrons. The maximum Gasteiger partial charge on any atom is 0.0992 e. The molecule has 0 saturated heterocycles. The highest BCUT2D eigenvalue weighted by atomic mass is 127. The topological polar surface area (TPSA) is 0 Å². The van der Waals surface area contributed by atoms with Crippen LogP contribution in [-0.2, 0) is 0 Å². The van der Waals surface area contributed by atoms with Crippen molar-refractivity contribution in [3.05, 3.63) is 54.1 Å². The molecule has 0 radical (unpaired) electrons. The summed E-state index contributed by atoms with van der Waals surface area (Å²) in [6.45, 7) is 0. The molecule has 1 aromatic rings. The van der Waals surface area contributed by atoms with E-state index < -0.39 is 0 Å². The molecule has 14 heavy (non-hydrogen) atoms. The fourth-order valence-corrected chi connectivity index (χ4v) is 2.60. The van der Waals surface area contributed by atoms with Crippen LogP contribution in [0.2, 0.25) is 0 Å². The Bertz CT molecular complexity index is 377. The van der Waals surface area contributed by atoms with Crippen LogP contribution >= 0.6 is 38.5 Å². The molecule has 0 nitrogen and oxygen atoms in total. The second kappa shape index (κ2) is 4.19. The molecule has 0 fully saturated rings. The second-order valence-electron chi connectivity index (χ2n) is 3.35. The fourth-order valence-electron chi connectivity index (χ4n) is 1.53. The average Bonchev–Trinajstić information content (AvgIpc) is 2.18. The molecule has 0 aromatic heterocycles. The van der Waals surface area contributed by atoms with Crippen LogP contribution in [0.4, 0.5) is 0 Å². The van der Waals surface area contributed by atoms with Gasteiger partial charge < -0.3 is 0 Å². The Balaban J connectivity index is 2.30. The number of alkyl halides is 2. The third kappa shape index (κ3) is 2.48. The zero-order chi connectivity index (χ0) is 10.0. The van der Waals surface area contributed by atoms with Gasteiger partial charge in [-0.3, -0.25) is 0 Å². The first-order chi connectivity index (χ1) is 6.67. The van der Waals surface area contributed by atoms with Gasteiger partial charge in [0.05, 0.1) is 2.33 Å². The minimum atomic E-state index is 0.0880. The summed E-state index contributed by atoms with van der Waals surface area (Å²) < 4.78 is 0.0880.